The topological polar surface area (TPSA) is 95.3 Å². The third-order valence-electron chi connectivity index (χ3n) is 3.52. The van der Waals surface area contributed by atoms with Gasteiger partial charge in [0.15, 0.2) is 6.10 Å². The molecule has 0 radical (unpaired) electrons. The number of benzene rings is 1. The number of carbonyl (C=O) groups excluding carboxylic acids is 2. The number of nitrogens with one attached hydrogen (secondary N) is 1. The van der Waals surface area contributed by atoms with Crippen LogP contribution >= 0.6 is 0 Å². The van der Waals surface area contributed by atoms with Crippen LogP contribution in [0.5, 0.6) is 0 Å². The molecule has 2 aromatic rings. The van der Waals surface area contributed by atoms with Crippen molar-refractivity contribution in [2.24, 2.45) is 0 Å². The van der Waals surface area contributed by atoms with Gasteiger partial charge in [-0.25, -0.2) is 13.8 Å². The number of halogens is 2. The van der Waals surface area contributed by atoms with Gasteiger partial charge < -0.3 is 15.0 Å². The zero-order valence-electron chi connectivity index (χ0n) is 14.6. The maximum atomic E-state index is 13.6. The summed E-state index contributed by atoms with van der Waals surface area (Å²) in [6, 6.07) is 8.19. The van der Waals surface area contributed by atoms with Crippen LogP contribution in [0.25, 0.3) is 0 Å². The van der Waals surface area contributed by atoms with Gasteiger partial charge in [-0.1, -0.05) is 6.07 Å². The summed E-state index contributed by atoms with van der Waals surface area (Å²) in [5, 5.41) is 10.8. The Morgan fingerprint density at radius 1 is 1.30 bits per heavy atom. The highest BCUT2D eigenvalue weighted by molar-refractivity contribution is 5.95. The van der Waals surface area contributed by atoms with E-state index in [9.17, 15) is 18.4 Å². The number of likely N-dealkylation sites (N-methyl/N-ethyl adjacent to an activating group) is 1. The zero-order chi connectivity index (χ0) is 20.0. The zero-order valence-corrected chi connectivity index (χ0v) is 14.6. The van der Waals surface area contributed by atoms with Gasteiger partial charge in [-0.15, -0.1) is 0 Å². The lowest BCUT2D eigenvalue weighted by Crippen LogP contribution is -2.35. The van der Waals surface area contributed by atoms with E-state index in [0.717, 1.165) is 18.2 Å². The van der Waals surface area contributed by atoms with Crippen LogP contribution in [0.1, 0.15) is 12.5 Å². The summed E-state index contributed by atoms with van der Waals surface area (Å²) < 4.78 is 32.1. The number of nitriles is 1. The van der Waals surface area contributed by atoms with E-state index in [0.29, 0.717) is 11.4 Å². The molecule has 1 aromatic carbocycles. The molecule has 7 nitrogen and oxygen atoms in total. The SMILES string of the molecule is CC(OC(=O)CN(C)c1ccc(C#N)cn1)C(=O)Nc1c(F)cccc1F. The Labute approximate surface area is 154 Å². The molecular formula is C18H16F2N4O3. The van der Waals surface area contributed by atoms with E-state index in [2.05, 4.69) is 10.3 Å². The first kappa shape index (κ1) is 19.8. The third-order valence-corrected chi connectivity index (χ3v) is 3.52. The first-order valence-electron chi connectivity index (χ1n) is 7.83. The Morgan fingerprint density at radius 2 is 1.96 bits per heavy atom. The fraction of sp³-hybridized carbons (Fsp3) is 0.222. The lowest BCUT2D eigenvalue weighted by atomic mass is 10.2. The maximum Gasteiger partial charge on any atom is 0.326 e. The van der Waals surface area contributed by atoms with E-state index in [-0.39, 0.29) is 6.54 Å². The van der Waals surface area contributed by atoms with Gasteiger partial charge in [0, 0.05) is 13.2 Å². The molecule has 0 aliphatic carbocycles. The Bertz CT molecular complexity index is 861. The van der Waals surface area contributed by atoms with Crippen molar-refractivity contribution < 1.29 is 23.1 Å². The number of carbonyl (C=O) groups is 2. The Morgan fingerprint density at radius 3 is 2.52 bits per heavy atom. The van der Waals surface area contributed by atoms with E-state index in [1.54, 1.807) is 19.2 Å². The van der Waals surface area contributed by atoms with Crippen molar-refractivity contribution in [3.05, 3.63) is 53.7 Å². The summed E-state index contributed by atoms with van der Waals surface area (Å²) in [6.45, 7) is 1.07. The highest BCUT2D eigenvalue weighted by Gasteiger charge is 2.21. The van der Waals surface area contributed by atoms with Gasteiger partial charge >= 0.3 is 5.97 Å². The van der Waals surface area contributed by atoms with Gasteiger partial charge in [0.25, 0.3) is 5.91 Å². The Hall–Kier alpha value is -3.54. The Kier molecular flexibility index (Phi) is 6.38. The number of rotatable bonds is 6. The lowest BCUT2D eigenvalue weighted by Gasteiger charge is -2.19. The number of hydrogen-bond acceptors (Lipinski definition) is 6. The molecule has 0 saturated carbocycles. The summed E-state index contributed by atoms with van der Waals surface area (Å²) in [5.41, 5.74) is -0.232. The average molecular weight is 374 g/mol. The number of para-hydroxylation sites is 1. The Balaban J connectivity index is 1.92. The summed E-state index contributed by atoms with van der Waals surface area (Å²) in [7, 11) is 1.58. The quantitative estimate of drug-likeness (QED) is 0.779. The molecule has 1 N–H and O–H groups in total. The number of anilines is 2. The molecule has 1 unspecified atom stereocenters. The molecular weight excluding hydrogens is 358 g/mol. The van der Waals surface area contributed by atoms with Gasteiger partial charge in [-0.05, 0) is 31.2 Å². The van der Waals surface area contributed by atoms with Crippen LogP contribution in [0, 0.1) is 23.0 Å². The molecule has 0 aliphatic heterocycles. The van der Waals surface area contributed by atoms with Crippen LogP contribution in [0.4, 0.5) is 20.3 Å². The molecule has 1 atom stereocenters. The van der Waals surface area contributed by atoms with Crippen LogP contribution in [0.3, 0.4) is 0 Å². The number of aromatic nitrogens is 1. The van der Waals surface area contributed by atoms with Gasteiger partial charge in [0.1, 0.15) is 35.8 Å². The van der Waals surface area contributed by atoms with E-state index in [1.165, 1.54) is 18.0 Å². The smallest absolute Gasteiger partial charge is 0.326 e. The molecule has 0 spiro atoms. The standard InChI is InChI=1S/C18H16F2N4O3/c1-11(18(26)23-17-13(19)4-3-5-14(17)20)27-16(25)10-24(2)15-7-6-12(8-21)9-22-15/h3-7,9,11H,10H2,1-2H3,(H,23,26). The van der Waals surface area contributed by atoms with Crippen molar-refractivity contribution in [1.29, 1.82) is 5.26 Å². The first-order chi connectivity index (χ1) is 12.8. The summed E-state index contributed by atoms with van der Waals surface area (Å²) >= 11 is 0. The molecule has 0 bridgehead atoms. The fourth-order valence-electron chi connectivity index (χ4n) is 2.08. The van der Waals surface area contributed by atoms with Crippen molar-refractivity contribution in [2.75, 3.05) is 23.8 Å². The number of pyridine rings is 1. The summed E-state index contributed by atoms with van der Waals surface area (Å²) in [4.78, 5) is 29.5. The number of amides is 1. The van der Waals surface area contributed by atoms with Crippen molar-refractivity contribution in [2.45, 2.75) is 13.0 Å². The molecule has 0 aliphatic rings. The second kappa shape index (κ2) is 8.71. The molecule has 1 aromatic heterocycles. The van der Waals surface area contributed by atoms with Gasteiger partial charge in [-0.3, -0.25) is 9.59 Å². The minimum Gasteiger partial charge on any atom is -0.451 e. The number of esters is 1. The summed E-state index contributed by atoms with van der Waals surface area (Å²) in [6.07, 6.45) is 0.0924. The predicted molar refractivity (Wildman–Crippen MR) is 92.8 cm³/mol. The van der Waals surface area contributed by atoms with Crippen LogP contribution in [0.2, 0.25) is 0 Å². The lowest BCUT2D eigenvalue weighted by molar-refractivity contribution is -0.151. The maximum absolute atomic E-state index is 13.6. The monoisotopic (exact) mass is 374 g/mol. The second-order valence-corrected chi connectivity index (χ2v) is 5.59. The van der Waals surface area contributed by atoms with Crippen LogP contribution in [-0.2, 0) is 14.3 Å². The van der Waals surface area contributed by atoms with Crippen LogP contribution < -0.4 is 10.2 Å². The van der Waals surface area contributed by atoms with Crippen molar-refractivity contribution in [3.63, 3.8) is 0 Å². The van der Waals surface area contributed by atoms with Crippen molar-refractivity contribution in [3.8, 4) is 6.07 Å². The second-order valence-electron chi connectivity index (χ2n) is 5.59. The fourth-order valence-corrected chi connectivity index (χ4v) is 2.08. The minimum absolute atomic E-state index is 0.218. The van der Waals surface area contributed by atoms with Gasteiger partial charge in [0.2, 0.25) is 0 Å². The number of ether oxygens (including phenoxy) is 1. The summed E-state index contributed by atoms with van der Waals surface area (Å²) in [5.74, 6) is -3.05. The first-order valence-corrected chi connectivity index (χ1v) is 7.83. The molecule has 0 fully saturated rings. The molecule has 140 valence electrons. The van der Waals surface area contributed by atoms with E-state index in [4.69, 9.17) is 10.00 Å². The molecule has 2 rings (SSSR count). The molecule has 9 heteroatoms. The van der Waals surface area contributed by atoms with Crippen molar-refractivity contribution in [1.82, 2.24) is 4.98 Å². The van der Waals surface area contributed by atoms with Crippen LogP contribution in [0.15, 0.2) is 36.5 Å². The van der Waals surface area contributed by atoms with Crippen molar-refractivity contribution >= 4 is 23.4 Å². The number of nitrogens with zero attached hydrogens (tertiary/aromatic N) is 3. The molecule has 0 saturated heterocycles. The van der Waals surface area contributed by atoms with Crippen LogP contribution in [-0.4, -0.2) is 36.6 Å². The van der Waals surface area contributed by atoms with E-state index < -0.39 is 35.3 Å². The molecule has 1 amide bonds. The normalized spacial score (nSPS) is 11.2. The molecule has 27 heavy (non-hydrogen) atoms. The predicted octanol–water partition coefficient (Wildman–Crippen LogP) is 2.24. The third kappa shape index (κ3) is 5.22. The van der Waals surface area contributed by atoms with Gasteiger partial charge in [-0.2, -0.15) is 5.26 Å². The highest BCUT2D eigenvalue weighted by Crippen LogP contribution is 2.18. The van der Waals surface area contributed by atoms with E-state index >= 15 is 0 Å². The largest absolute Gasteiger partial charge is 0.451 e. The van der Waals surface area contributed by atoms with E-state index in [1.807, 2.05) is 6.07 Å². The number of hydrogen-bond donors (Lipinski definition) is 1. The molecule has 1 heterocycles. The van der Waals surface area contributed by atoms with Gasteiger partial charge in [0.05, 0.1) is 5.56 Å². The average Bonchev–Trinajstić information content (AvgIpc) is 2.64. The highest BCUT2D eigenvalue weighted by atomic mass is 19.1. The minimum atomic E-state index is -1.26.